The summed E-state index contributed by atoms with van der Waals surface area (Å²) in [7, 11) is 0. The molecule has 2 aromatic carbocycles. The van der Waals surface area contributed by atoms with Crippen LogP contribution in [-0.2, 0) is 11.3 Å². The topological polar surface area (TPSA) is 112 Å². The lowest BCUT2D eigenvalue weighted by molar-refractivity contribution is -0.384. The number of nitro groups is 1. The van der Waals surface area contributed by atoms with Crippen LogP contribution in [0.15, 0.2) is 58.4 Å². The molecule has 9 nitrogen and oxygen atoms in total. The van der Waals surface area contributed by atoms with Crippen LogP contribution in [0, 0.1) is 10.1 Å². The molecule has 1 N–H and O–H groups in total. The van der Waals surface area contributed by atoms with Crippen LogP contribution in [0.3, 0.4) is 0 Å². The number of aromatic nitrogens is 2. The molecule has 156 valence electrons. The molecule has 0 saturated carbocycles. The Morgan fingerprint density at radius 3 is 2.67 bits per heavy atom. The van der Waals surface area contributed by atoms with Gasteiger partial charge in [0.15, 0.2) is 0 Å². The molecule has 0 radical (unpaired) electrons. The number of non-ortho nitro benzene ring substituents is 1. The van der Waals surface area contributed by atoms with Crippen molar-refractivity contribution in [2.75, 3.05) is 18.6 Å². The normalized spacial score (nSPS) is 11.6. The van der Waals surface area contributed by atoms with Gasteiger partial charge in [-0.3, -0.25) is 19.5 Å². The summed E-state index contributed by atoms with van der Waals surface area (Å²) >= 11 is 0. The summed E-state index contributed by atoms with van der Waals surface area (Å²) in [5.74, 6) is 0.330. The Morgan fingerprint density at radius 2 is 1.97 bits per heavy atom. The Hall–Kier alpha value is -3.59. The van der Waals surface area contributed by atoms with E-state index in [4.69, 9.17) is 4.74 Å². The average Bonchev–Trinajstić information content (AvgIpc) is 2.76. The number of nitrogens with one attached hydrogen (secondary N) is 1. The Labute approximate surface area is 173 Å². The largest absolute Gasteiger partial charge is 0.382 e. The van der Waals surface area contributed by atoms with Crippen LogP contribution in [0.25, 0.3) is 10.9 Å². The van der Waals surface area contributed by atoms with E-state index < -0.39 is 4.92 Å². The smallest absolute Gasteiger partial charge is 0.269 e. The van der Waals surface area contributed by atoms with E-state index in [1.807, 2.05) is 13.0 Å². The summed E-state index contributed by atoms with van der Waals surface area (Å²) in [6, 6.07) is 13.3. The maximum absolute atomic E-state index is 13.0. The highest BCUT2D eigenvalue weighted by molar-refractivity contribution is 5.99. The molecule has 0 amide bonds. The first-order valence-electron chi connectivity index (χ1n) is 9.63. The van der Waals surface area contributed by atoms with Crippen LogP contribution < -0.4 is 11.0 Å². The molecule has 1 heterocycles. The van der Waals surface area contributed by atoms with Crippen molar-refractivity contribution in [3.05, 3.63) is 74.6 Å². The standard InChI is InChI=1S/C21H23N5O4/c1-3-30-14-6-13-25-20(27)18-7-4-5-8-19(18)22-21(25)24-23-15(2)16-9-11-17(12-10-16)26(28)29/h4-5,7-12H,3,6,13-14H2,1-2H3,(H,22,24)/b23-15-. The zero-order chi connectivity index (χ0) is 21.5. The second-order valence-corrected chi connectivity index (χ2v) is 6.57. The molecule has 0 aliphatic carbocycles. The van der Waals surface area contributed by atoms with E-state index in [2.05, 4.69) is 15.5 Å². The van der Waals surface area contributed by atoms with Crippen LogP contribution >= 0.6 is 0 Å². The Kier molecular flexibility index (Phi) is 6.87. The maximum Gasteiger partial charge on any atom is 0.269 e. The number of anilines is 1. The minimum absolute atomic E-state index is 0.0128. The molecule has 0 unspecified atom stereocenters. The predicted octanol–water partition coefficient (Wildman–Crippen LogP) is 3.57. The fourth-order valence-electron chi connectivity index (χ4n) is 2.95. The van der Waals surface area contributed by atoms with Gasteiger partial charge in [-0.2, -0.15) is 5.10 Å². The van der Waals surface area contributed by atoms with Crippen molar-refractivity contribution in [3.63, 3.8) is 0 Å². The first kappa shape index (κ1) is 21.1. The summed E-state index contributed by atoms with van der Waals surface area (Å²) in [5, 5.41) is 15.7. The number of hydrazone groups is 1. The second-order valence-electron chi connectivity index (χ2n) is 6.57. The van der Waals surface area contributed by atoms with Crippen molar-refractivity contribution in [3.8, 4) is 0 Å². The summed E-state index contributed by atoms with van der Waals surface area (Å²) in [5.41, 5.74) is 4.65. The van der Waals surface area contributed by atoms with Crippen LogP contribution in [0.5, 0.6) is 0 Å². The van der Waals surface area contributed by atoms with E-state index in [0.29, 0.717) is 48.7 Å². The van der Waals surface area contributed by atoms with Crippen LogP contribution in [-0.4, -0.2) is 33.4 Å². The maximum atomic E-state index is 13.0. The summed E-state index contributed by atoms with van der Waals surface area (Å²) < 4.78 is 6.92. The molecule has 3 rings (SSSR count). The van der Waals surface area contributed by atoms with E-state index in [1.54, 1.807) is 41.8 Å². The molecule has 0 fully saturated rings. The average molecular weight is 409 g/mol. The van der Waals surface area contributed by atoms with Gasteiger partial charge in [0, 0.05) is 31.9 Å². The third-order valence-corrected chi connectivity index (χ3v) is 4.56. The number of para-hydroxylation sites is 1. The van der Waals surface area contributed by atoms with Crippen molar-refractivity contribution >= 4 is 28.3 Å². The molecule has 0 saturated heterocycles. The number of fused-ring (bicyclic) bond motifs is 1. The monoisotopic (exact) mass is 409 g/mol. The third kappa shape index (κ3) is 4.87. The van der Waals surface area contributed by atoms with Gasteiger partial charge in [-0.1, -0.05) is 12.1 Å². The number of ether oxygens (including phenoxy) is 1. The Morgan fingerprint density at radius 1 is 1.23 bits per heavy atom. The SMILES string of the molecule is CCOCCCn1c(N/N=C(/C)c2ccc([N+](=O)[O-])cc2)nc2ccccc2c1=O. The zero-order valence-corrected chi connectivity index (χ0v) is 16.9. The van der Waals surface area contributed by atoms with Crippen molar-refractivity contribution in [1.82, 2.24) is 9.55 Å². The lowest BCUT2D eigenvalue weighted by Crippen LogP contribution is -2.25. The van der Waals surface area contributed by atoms with Gasteiger partial charge in [-0.05, 0) is 50.1 Å². The molecule has 0 bridgehead atoms. The van der Waals surface area contributed by atoms with Gasteiger partial charge in [-0.15, -0.1) is 0 Å². The van der Waals surface area contributed by atoms with Crippen LogP contribution in [0.1, 0.15) is 25.8 Å². The molecule has 0 aliphatic heterocycles. The van der Waals surface area contributed by atoms with E-state index in [-0.39, 0.29) is 11.2 Å². The highest BCUT2D eigenvalue weighted by atomic mass is 16.6. The molecule has 1 aromatic heterocycles. The summed E-state index contributed by atoms with van der Waals surface area (Å²) in [6.07, 6.45) is 0.660. The number of nitrogens with zero attached hydrogens (tertiary/aromatic N) is 4. The number of nitro benzene ring substituents is 1. The fraction of sp³-hybridized carbons (Fsp3) is 0.286. The molecule has 0 atom stereocenters. The van der Waals surface area contributed by atoms with Gasteiger partial charge in [0.25, 0.3) is 11.2 Å². The van der Waals surface area contributed by atoms with Crippen LogP contribution in [0.4, 0.5) is 11.6 Å². The quantitative estimate of drug-likeness (QED) is 0.250. The predicted molar refractivity (Wildman–Crippen MR) is 116 cm³/mol. The highest BCUT2D eigenvalue weighted by Gasteiger charge is 2.11. The molecule has 3 aromatic rings. The van der Waals surface area contributed by atoms with Gasteiger partial charge in [-0.25, -0.2) is 10.4 Å². The minimum atomic E-state index is -0.450. The van der Waals surface area contributed by atoms with Crippen molar-refractivity contribution < 1.29 is 9.66 Å². The van der Waals surface area contributed by atoms with Gasteiger partial charge in [0.2, 0.25) is 5.95 Å². The Balaban J connectivity index is 1.90. The summed E-state index contributed by atoms with van der Waals surface area (Å²) in [6.45, 7) is 5.29. The number of hydrogen-bond acceptors (Lipinski definition) is 7. The van der Waals surface area contributed by atoms with E-state index >= 15 is 0 Å². The Bertz CT molecular complexity index is 1120. The third-order valence-electron chi connectivity index (χ3n) is 4.56. The molecule has 0 aliphatic rings. The molecular weight excluding hydrogens is 386 g/mol. The zero-order valence-electron chi connectivity index (χ0n) is 16.9. The summed E-state index contributed by atoms with van der Waals surface area (Å²) in [4.78, 5) is 27.9. The molecular formula is C21H23N5O4. The van der Waals surface area contributed by atoms with Crippen molar-refractivity contribution in [2.24, 2.45) is 5.10 Å². The van der Waals surface area contributed by atoms with E-state index in [9.17, 15) is 14.9 Å². The van der Waals surface area contributed by atoms with Gasteiger partial charge in [0.1, 0.15) is 0 Å². The first-order chi connectivity index (χ1) is 14.5. The number of hydrogen-bond donors (Lipinski definition) is 1. The molecule has 30 heavy (non-hydrogen) atoms. The molecule has 0 spiro atoms. The number of benzene rings is 2. The van der Waals surface area contributed by atoms with Crippen LogP contribution in [0.2, 0.25) is 0 Å². The number of rotatable bonds is 9. The van der Waals surface area contributed by atoms with Gasteiger partial charge >= 0.3 is 0 Å². The minimum Gasteiger partial charge on any atom is -0.382 e. The lowest BCUT2D eigenvalue weighted by atomic mass is 10.1. The van der Waals surface area contributed by atoms with E-state index in [0.717, 1.165) is 5.56 Å². The highest BCUT2D eigenvalue weighted by Crippen LogP contribution is 2.14. The van der Waals surface area contributed by atoms with Crippen molar-refractivity contribution in [2.45, 2.75) is 26.8 Å². The van der Waals surface area contributed by atoms with Gasteiger partial charge in [0.05, 0.1) is 21.5 Å². The molecule has 9 heteroatoms. The first-order valence-corrected chi connectivity index (χ1v) is 9.63. The van der Waals surface area contributed by atoms with Gasteiger partial charge < -0.3 is 4.74 Å². The lowest BCUT2D eigenvalue weighted by Gasteiger charge is -2.13. The van der Waals surface area contributed by atoms with E-state index in [1.165, 1.54) is 12.1 Å². The van der Waals surface area contributed by atoms with Crippen molar-refractivity contribution in [1.29, 1.82) is 0 Å². The second kappa shape index (κ2) is 9.75. The fourth-order valence-corrected chi connectivity index (χ4v) is 2.95.